The Morgan fingerprint density at radius 3 is 2.70 bits per heavy atom. The van der Waals surface area contributed by atoms with Crippen LogP contribution in [0.15, 0.2) is 30.3 Å². The molecule has 0 bridgehead atoms. The average Bonchev–Trinajstić information content (AvgIpc) is 2.71. The van der Waals surface area contributed by atoms with E-state index in [1.54, 1.807) is 9.80 Å². The third-order valence-corrected chi connectivity index (χ3v) is 5.69. The second-order valence-electron chi connectivity index (χ2n) is 7.06. The normalized spacial score (nSPS) is 25.1. The van der Waals surface area contributed by atoms with Crippen LogP contribution in [0.5, 0.6) is 0 Å². The molecule has 2 saturated heterocycles. The van der Waals surface area contributed by atoms with Crippen LogP contribution in [0.1, 0.15) is 31.2 Å². The SMILES string of the molecule is COC(=O)CCCC(=O)N1CC[C@]2(c3ccccc3)[C@@H](C1)OCC(=O)N2C. The number of carbonyl (C=O) groups excluding carboxylic acids is 3. The number of morpholine rings is 1. The summed E-state index contributed by atoms with van der Waals surface area (Å²) in [6.07, 6.45) is 1.35. The van der Waals surface area contributed by atoms with Crippen LogP contribution in [0, 0.1) is 0 Å². The summed E-state index contributed by atoms with van der Waals surface area (Å²) in [4.78, 5) is 39.7. The van der Waals surface area contributed by atoms with Gasteiger partial charge in [0.2, 0.25) is 11.8 Å². The summed E-state index contributed by atoms with van der Waals surface area (Å²) in [6, 6.07) is 9.88. The maximum absolute atomic E-state index is 12.6. The lowest BCUT2D eigenvalue weighted by Crippen LogP contribution is -2.67. The maximum Gasteiger partial charge on any atom is 0.305 e. The van der Waals surface area contributed by atoms with E-state index in [0.717, 1.165) is 5.56 Å². The third kappa shape index (κ3) is 3.69. The summed E-state index contributed by atoms with van der Waals surface area (Å²) in [5.41, 5.74) is 0.475. The van der Waals surface area contributed by atoms with E-state index < -0.39 is 5.54 Å². The van der Waals surface area contributed by atoms with Crippen molar-refractivity contribution >= 4 is 17.8 Å². The van der Waals surface area contributed by atoms with Crippen LogP contribution < -0.4 is 0 Å². The monoisotopic (exact) mass is 374 g/mol. The summed E-state index contributed by atoms with van der Waals surface area (Å²) in [5.74, 6) is -0.350. The number of piperidine rings is 1. The van der Waals surface area contributed by atoms with Gasteiger partial charge in [0.1, 0.15) is 12.7 Å². The first kappa shape index (κ1) is 19.4. The smallest absolute Gasteiger partial charge is 0.305 e. The van der Waals surface area contributed by atoms with Crippen LogP contribution in [-0.4, -0.2) is 67.5 Å². The Morgan fingerprint density at radius 2 is 2.00 bits per heavy atom. The molecule has 1 aromatic rings. The number of methoxy groups -OCH3 is 1. The molecule has 0 unspecified atom stereocenters. The summed E-state index contributed by atoms with van der Waals surface area (Å²) >= 11 is 0. The number of esters is 1. The van der Waals surface area contributed by atoms with Crippen molar-refractivity contribution in [2.75, 3.05) is 33.9 Å². The molecule has 3 rings (SSSR count). The van der Waals surface area contributed by atoms with Crippen LogP contribution in [0.25, 0.3) is 0 Å². The summed E-state index contributed by atoms with van der Waals surface area (Å²) < 4.78 is 10.5. The van der Waals surface area contributed by atoms with E-state index in [4.69, 9.17) is 4.74 Å². The molecule has 0 aliphatic carbocycles. The van der Waals surface area contributed by atoms with Crippen molar-refractivity contribution in [3.05, 3.63) is 35.9 Å². The number of nitrogens with zero attached hydrogens (tertiary/aromatic N) is 2. The highest BCUT2D eigenvalue weighted by molar-refractivity contribution is 5.80. The second-order valence-corrected chi connectivity index (χ2v) is 7.06. The van der Waals surface area contributed by atoms with Crippen molar-refractivity contribution in [2.24, 2.45) is 0 Å². The van der Waals surface area contributed by atoms with E-state index in [-0.39, 0.29) is 36.9 Å². The van der Waals surface area contributed by atoms with E-state index in [9.17, 15) is 14.4 Å². The van der Waals surface area contributed by atoms with E-state index in [0.29, 0.717) is 32.4 Å². The van der Waals surface area contributed by atoms with Gasteiger partial charge in [0, 0.05) is 33.0 Å². The first-order valence-electron chi connectivity index (χ1n) is 9.27. The fourth-order valence-electron chi connectivity index (χ4n) is 4.10. The van der Waals surface area contributed by atoms with Gasteiger partial charge < -0.3 is 19.3 Å². The molecule has 146 valence electrons. The van der Waals surface area contributed by atoms with E-state index >= 15 is 0 Å². The zero-order valence-corrected chi connectivity index (χ0v) is 15.8. The molecule has 2 heterocycles. The van der Waals surface area contributed by atoms with Gasteiger partial charge in [-0.1, -0.05) is 30.3 Å². The Morgan fingerprint density at radius 1 is 1.26 bits per heavy atom. The number of fused-ring (bicyclic) bond motifs is 1. The molecule has 2 aliphatic rings. The van der Waals surface area contributed by atoms with Gasteiger partial charge in [0.05, 0.1) is 12.6 Å². The standard InChI is InChI=1S/C20H26N2O5/c1-21-18(24)14-27-16-13-22(17(23)9-6-10-19(25)26-2)12-11-20(16,21)15-7-4-3-5-8-15/h3-5,7-8,16H,6,9-14H2,1-2H3/t16-,20+/m1/s1. The van der Waals surface area contributed by atoms with Gasteiger partial charge >= 0.3 is 5.97 Å². The zero-order valence-electron chi connectivity index (χ0n) is 15.8. The Labute approximate surface area is 159 Å². The van der Waals surface area contributed by atoms with Crippen molar-refractivity contribution in [3.63, 3.8) is 0 Å². The van der Waals surface area contributed by atoms with Crippen LogP contribution in [0.2, 0.25) is 0 Å². The third-order valence-electron chi connectivity index (χ3n) is 5.69. The Kier molecular flexibility index (Phi) is 5.79. The highest BCUT2D eigenvalue weighted by Gasteiger charge is 2.53. The van der Waals surface area contributed by atoms with E-state index in [2.05, 4.69) is 4.74 Å². The molecule has 2 atom stereocenters. The first-order chi connectivity index (χ1) is 13.0. The van der Waals surface area contributed by atoms with Crippen LogP contribution in [0.3, 0.4) is 0 Å². The number of hydrogen-bond acceptors (Lipinski definition) is 5. The number of carbonyl (C=O) groups is 3. The van der Waals surface area contributed by atoms with Crippen molar-refractivity contribution in [3.8, 4) is 0 Å². The fourth-order valence-corrected chi connectivity index (χ4v) is 4.10. The molecule has 27 heavy (non-hydrogen) atoms. The molecular weight excluding hydrogens is 348 g/mol. The number of benzene rings is 1. The largest absolute Gasteiger partial charge is 0.469 e. The van der Waals surface area contributed by atoms with Gasteiger partial charge in [0.15, 0.2) is 0 Å². The Hall–Kier alpha value is -2.41. The lowest BCUT2D eigenvalue weighted by atomic mass is 9.76. The Balaban J connectivity index is 1.73. The van der Waals surface area contributed by atoms with Crippen LogP contribution in [0.4, 0.5) is 0 Å². The molecule has 0 spiro atoms. The first-order valence-corrected chi connectivity index (χ1v) is 9.27. The van der Waals surface area contributed by atoms with Crippen LogP contribution >= 0.6 is 0 Å². The Bertz CT molecular complexity index is 708. The quantitative estimate of drug-likeness (QED) is 0.727. The molecule has 2 aliphatic heterocycles. The highest BCUT2D eigenvalue weighted by atomic mass is 16.5. The van der Waals surface area contributed by atoms with Crippen molar-refractivity contribution in [1.82, 2.24) is 9.80 Å². The minimum atomic E-state index is -0.556. The zero-order chi connectivity index (χ0) is 19.4. The number of ether oxygens (including phenoxy) is 2. The second kappa shape index (κ2) is 8.08. The molecule has 0 N–H and O–H groups in total. The lowest BCUT2D eigenvalue weighted by Gasteiger charge is -2.54. The van der Waals surface area contributed by atoms with Crippen LogP contribution in [-0.2, 0) is 29.4 Å². The number of likely N-dealkylation sites (tertiary alicyclic amines) is 1. The number of rotatable bonds is 5. The molecule has 1 aromatic carbocycles. The summed E-state index contributed by atoms with van der Waals surface area (Å²) in [7, 11) is 3.16. The van der Waals surface area contributed by atoms with Gasteiger partial charge in [0.25, 0.3) is 0 Å². The van der Waals surface area contributed by atoms with Gasteiger partial charge in [-0.25, -0.2) is 0 Å². The van der Waals surface area contributed by atoms with Crippen molar-refractivity contribution in [2.45, 2.75) is 37.3 Å². The average molecular weight is 374 g/mol. The van der Waals surface area contributed by atoms with Gasteiger partial charge in [-0.15, -0.1) is 0 Å². The predicted octanol–water partition coefficient (Wildman–Crippen LogP) is 1.31. The molecule has 0 saturated carbocycles. The van der Waals surface area contributed by atoms with E-state index in [1.165, 1.54) is 7.11 Å². The topological polar surface area (TPSA) is 76.1 Å². The molecular formula is C20H26N2O5. The lowest BCUT2D eigenvalue weighted by molar-refractivity contribution is -0.184. The molecule has 2 fully saturated rings. The van der Waals surface area contributed by atoms with Crippen molar-refractivity contribution in [1.29, 1.82) is 0 Å². The predicted molar refractivity (Wildman–Crippen MR) is 97.7 cm³/mol. The molecule has 7 nitrogen and oxygen atoms in total. The van der Waals surface area contributed by atoms with Gasteiger partial charge in [-0.3, -0.25) is 14.4 Å². The summed E-state index contributed by atoms with van der Waals surface area (Å²) in [6.45, 7) is 1.01. The molecule has 2 amide bonds. The molecule has 0 radical (unpaired) electrons. The number of hydrogen-bond donors (Lipinski definition) is 0. The van der Waals surface area contributed by atoms with Crippen molar-refractivity contribution < 1.29 is 23.9 Å². The number of likely N-dealkylation sites (N-methyl/N-ethyl adjacent to an activating group) is 1. The highest BCUT2D eigenvalue weighted by Crippen LogP contribution is 2.42. The van der Waals surface area contributed by atoms with Gasteiger partial charge in [-0.05, 0) is 18.4 Å². The molecule has 7 heteroatoms. The van der Waals surface area contributed by atoms with E-state index in [1.807, 2.05) is 37.4 Å². The minimum Gasteiger partial charge on any atom is -0.469 e. The maximum atomic E-state index is 12.6. The minimum absolute atomic E-state index is 0.00344. The van der Waals surface area contributed by atoms with Gasteiger partial charge in [-0.2, -0.15) is 0 Å². The number of amides is 2. The fraction of sp³-hybridized carbons (Fsp3) is 0.550. The summed E-state index contributed by atoms with van der Waals surface area (Å²) in [5, 5.41) is 0. The molecule has 0 aromatic heterocycles.